The molecule has 1 aromatic rings. The summed E-state index contributed by atoms with van der Waals surface area (Å²) in [6.45, 7) is 0. The molecule has 1 fully saturated rings. The molecule has 116 valence electrons. The molecule has 0 radical (unpaired) electrons. The SMILES string of the molecule is Cl.NC1CCCCC1CC(=O)NC1Cc2ccccc2C1. The summed E-state index contributed by atoms with van der Waals surface area (Å²) in [7, 11) is 0. The van der Waals surface area contributed by atoms with Crippen molar-refractivity contribution in [1.29, 1.82) is 0 Å². The van der Waals surface area contributed by atoms with E-state index in [0.717, 1.165) is 25.7 Å². The van der Waals surface area contributed by atoms with Crippen LogP contribution in [0.1, 0.15) is 43.2 Å². The zero-order valence-electron chi connectivity index (χ0n) is 12.4. The lowest BCUT2D eigenvalue weighted by Gasteiger charge is -2.28. The van der Waals surface area contributed by atoms with Gasteiger partial charge >= 0.3 is 0 Å². The first-order valence-electron chi connectivity index (χ1n) is 7.84. The number of amides is 1. The summed E-state index contributed by atoms with van der Waals surface area (Å²) >= 11 is 0. The van der Waals surface area contributed by atoms with Gasteiger partial charge in [-0.05, 0) is 42.7 Å². The highest BCUT2D eigenvalue weighted by atomic mass is 35.5. The largest absolute Gasteiger partial charge is 0.353 e. The highest BCUT2D eigenvalue weighted by Crippen LogP contribution is 2.26. The van der Waals surface area contributed by atoms with Crippen LogP contribution in [0, 0.1) is 5.92 Å². The minimum atomic E-state index is 0. The number of rotatable bonds is 3. The van der Waals surface area contributed by atoms with Crippen LogP contribution in [0.15, 0.2) is 24.3 Å². The van der Waals surface area contributed by atoms with Gasteiger partial charge in [0.1, 0.15) is 0 Å². The second-order valence-corrected chi connectivity index (χ2v) is 6.35. The molecule has 0 aromatic heterocycles. The van der Waals surface area contributed by atoms with Crippen LogP contribution in [0.2, 0.25) is 0 Å². The molecule has 2 atom stereocenters. The highest BCUT2D eigenvalue weighted by molar-refractivity contribution is 5.85. The molecule has 3 nitrogen and oxygen atoms in total. The van der Waals surface area contributed by atoms with Crippen LogP contribution in [0.4, 0.5) is 0 Å². The van der Waals surface area contributed by atoms with Crippen molar-refractivity contribution in [1.82, 2.24) is 5.32 Å². The number of carbonyl (C=O) groups is 1. The first kappa shape index (κ1) is 16.3. The summed E-state index contributed by atoms with van der Waals surface area (Å²) in [5.74, 6) is 0.567. The monoisotopic (exact) mass is 308 g/mol. The van der Waals surface area contributed by atoms with Crippen LogP contribution in [-0.2, 0) is 17.6 Å². The van der Waals surface area contributed by atoms with Gasteiger partial charge in [-0.2, -0.15) is 0 Å². The standard InChI is InChI=1S/C17H24N2O.ClH/c18-16-8-4-3-7-14(16)11-17(20)19-15-9-12-5-1-2-6-13(12)10-15;/h1-2,5-6,14-16H,3-4,7-11,18H2,(H,19,20);1H. The van der Waals surface area contributed by atoms with Crippen molar-refractivity contribution < 1.29 is 4.79 Å². The predicted octanol–water partition coefficient (Wildman–Crippen LogP) is 2.60. The minimum absolute atomic E-state index is 0. The van der Waals surface area contributed by atoms with E-state index in [9.17, 15) is 4.79 Å². The number of benzene rings is 1. The van der Waals surface area contributed by atoms with Crippen molar-refractivity contribution in [3.05, 3.63) is 35.4 Å². The highest BCUT2D eigenvalue weighted by Gasteiger charge is 2.27. The fourth-order valence-electron chi connectivity index (χ4n) is 3.68. The van der Waals surface area contributed by atoms with Crippen LogP contribution < -0.4 is 11.1 Å². The first-order chi connectivity index (χ1) is 9.72. The lowest BCUT2D eigenvalue weighted by molar-refractivity contribution is -0.123. The molecule has 1 saturated carbocycles. The Morgan fingerprint density at radius 1 is 1.14 bits per heavy atom. The lowest BCUT2D eigenvalue weighted by Crippen LogP contribution is -2.40. The number of hydrogen-bond acceptors (Lipinski definition) is 2. The summed E-state index contributed by atoms with van der Waals surface area (Å²) in [6.07, 6.45) is 7.18. The smallest absolute Gasteiger partial charge is 0.220 e. The molecule has 3 rings (SSSR count). The Hall–Kier alpha value is -1.06. The molecule has 21 heavy (non-hydrogen) atoms. The summed E-state index contributed by atoms with van der Waals surface area (Å²) in [4.78, 5) is 12.2. The average Bonchev–Trinajstić information content (AvgIpc) is 2.83. The second kappa shape index (κ2) is 7.28. The molecule has 0 heterocycles. The van der Waals surface area contributed by atoms with E-state index >= 15 is 0 Å². The van der Waals surface area contributed by atoms with E-state index in [1.54, 1.807) is 0 Å². The Balaban J connectivity index is 0.00000161. The van der Waals surface area contributed by atoms with E-state index in [0.29, 0.717) is 12.3 Å². The maximum Gasteiger partial charge on any atom is 0.220 e. The topological polar surface area (TPSA) is 55.1 Å². The third-order valence-electron chi connectivity index (χ3n) is 4.83. The fraction of sp³-hybridized carbons (Fsp3) is 0.588. The summed E-state index contributed by atoms with van der Waals surface area (Å²) in [6, 6.07) is 8.97. The summed E-state index contributed by atoms with van der Waals surface area (Å²) < 4.78 is 0. The predicted molar refractivity (Wildman–Crippen MR) is 87.6 cm³/mol. The van der Waals surface area contributed by atoms with Crippen molar-refractivity contribution in [2.45, 2.75) is 57.0 Å². The van der Waals surface area contributed by atoms with Gasteiger partial charge in [0.05, 0.1) is 0 Å². The normalized spacial score (nSPS) is 25.0. The maximum atomic E-state index is 12.2. The summed E-state index contributed by atoms with van der Waals surface area (Å²) in [5, 5.41) is 3.20. The molecule has 1 aromatic carbocycles. The molecule has 0 bridgehead atoms. The van der Waals surface area contributed by atoms with E-state index in [1.807, 2.05) is 0 Å². The molecule has 2 unspecified atom stereocenters. The van der Waals surface area contributed by atoms with Crippen LogP contribution in [-0.4, -0.2) is 18.0 Å². The van der Waals surface area contributed by atoms with Crippen molar-refractivity contribution in [2.75, 3.05) is 0 Å². The Morgan fingerprint density at radius 3 is 2.38 bits per heavy atom. The van der Waals surface area contributed by atoms with Gasteiger partial charge in [0.2, 0.25) is 5.91 Å². The quantitative estimate of drug-likeness (QED) is 0.902. The van der Waals surface area contributed by atoms with E-state index in [-0.39, 0.29) is 30.4 Å². The number of nitrogens with one attached hydrogen (secondary N) is 1. The molecule has 0 spiro atoms. The van der Waals surface area contributed by atoms with Crippen molar-refractivity contribution in [3.63, 3.8) is 0 Å². The van der Waals surface area contributed by atoms with Gasteiger partial charge in [0.15, 0.2) is 0 Å². The van der Waals surface area contributed by atoms with Gasteiger partial charge in [-0.25, -0.2) is 0 Å². The van der Waals surface area contributed by atoms with Crippen LogP contribution >= 0.6 is 12.4 Å². The van der Waals surface area contributed by atoms with E-state index in [1.165, 1.54) is 24.0 Å². The Labute approximate surface area is 133 Å². The third kappa shape index (κ3) is 3.98. The van der Waals surface area contributed by atoms with Gasteiger partial charge in [-0.1, -0.05) is 37.1 Å². The van der Waals surface area contributed by atoms with Gasteiger partial charge in [0.25, 0.3) is 0 Å². The van der Waals surface area contributed by atoms with E-state index in [4.69, 9.17) is 5.73 Å². The van der Waals surface area contributed by atoms with Gasteiger partial charge in [0, 0.05) is 18.5 Å². The fourth-order valence-corrected chi connectivity index (χ4v) is 3.68. The number of carbonyl (C=O) groups excluding carboxylic acids is 1. The number of fused-ring (bicyclic) bond motifs is 1. The maximum absolute atomic E-state index is 12.2. The van der Waals surface area contributed by atoms with Crippen molar-refractivity contribution in [2.24, 2.45) is 11.7 Å². The molecule has 2 aliphatic rings. The summed E-state index contributed by atoms with van der Waals surface area (Å²) in [5.41, 5.74) is 8.89. The molecule has 2 aliphatic carbocycles. The molecule has 1 amide bonds. The number of hydrogen-bond donors (Lipinski definition) is 2. The van der Waals surface area contributed by atoms with Crippen molar-refractivity contribution >= 4 is 18.3 Å². The first-order valence-corrected chi connectivity index (χ1v) is 7.84. The van der Waals surface area contributed by atoms with E-state index in [2.05, 4.69) is 29.6 Å². The Kier molecular flexibility index (Phi) is 5.65. The minimum Gasteiger partial charge on any atom is -0.353 e. The molecule has 0 aliphatic heterocycles. The Bertz CT molecular complexity index is 466. The van der Waals surface area contributed by atoms with Crippen LogP contribution in [0.5, 0.6) is 0 Å². The van der Waals surface area contributed by atoms with Crippen molar-refractivity contribution in [3.8, 4) is 0 Å². The van der Waals surface area contributed by atoms with E-state index < -0.39 is 0 Å². The van der Waals surface area contributed by atoms with Crippen LogP contribution in [0.3, 0.4) is 0 Å². The lowest BCUT2D eigenvalue weighted by atomic mass is 9.83. The molecule has 3 N–H and O–H groups in total. The number of halogens is 1. The van der Waals surface area contributed by atoms with Gasteiger partial charge in [-0.15, -0.1) is 12.4 Å². The average molecular weight is 309 g/mol. The molecular formula is C17H25ClN2O. The molecule has 0 saturated heterocycles. The van der Waals surface area contributed by atoms with Gasteiger partial charge in [-0.3, -0.25) is 4.79 Å². The zero-order valence-corrected chi connectivity index (χ0v) is 13.2. The number of nitrogens with two attached hydrogens (primary N) is 1. The van der Waals surface area contributed by atoms with Crippen LogP contribution in [0.25, 0.3) is 0 Å². The Morgan fingerprint density at radius 2 is 1.76 bits per heavy atom. The van der Waals surface area contributed by atoms with Gasteiger partial charge < -0.3 is 11.1 Å². The third-order valence-corrected chi connectivity index (χ3v) is 4.83. The second-order valence-electron chi connectivity index (χ2n) is 6.35. The zero-order chi connectivity index (χ0) is 13.9. The molecular weight excluding hydrogens is 284 g/mol. The molecule has 4 heteroatoms.